The van der Waals surface area contributed by atoms with E-state index in [0.717, 1.165) is 37.1 Å². The summed E-state index contributed by atoms with van der Waals surface area (Å²) >= 11 is 0. The minimum Gasteiger partial charge on any atom is -0.478 e. The predicted molar refractivity (Wildman–Crippen MR) is 109 cm³/mol. The van der Waals surface area contributed by atoms with Crippen molar-refractivity contribution in [1.82, 2.24) is 4.90 Å². The number of halogens is 1. The van der Waals surface area contributed by atoms with Crippen molar-refractivity contribution < 1.29 is 9.90 Å². The Bertz CT molecular complexity index is 904. The van der Waals surface area contributed by atoms with Gasteiger partial charge in [-0.3, -0.25) is 0 Å². The number of piperidine rings is 1. The van der Waals surface area contributed by atoms with E-state index in [-0.39, 0.29) is 12.4 Å². The Labute approximate surface area is 160 Å². The second-order valence-corrected chi connectivity index (χ2v) is 6.81. The smallest absolute Gasteiger partial charge is 0.335 e. The first-order valence-corrected chi connectivity index (χ1v) is 8.69. The SMILES string of the molecule is CN1CCC(=C2c3ccccc3C=Cc3ccc(C(=O)O)cc32)CC1.Cl. The number of hydrogen-bond acceptors (Lipinski definition) is 2. The monoisotopic (exact) mass is 367 g/mol. The molecule has 0 spiro atoms. The van der Waals surface area contributed by atoms with Gasteiger partial charge in [-0.05, 0) is 59.8 Å². The van der Waals surface area contributed by atoms with Gasteiger partial charge in [0.25, 0.3) is 0 Å². The molecule has 0 unspecified atom stereocenters. The lowest BCUT2D eigenvalue weighted by molar-refractivity contribution is 0.0697. The summed E-state index contributed by atoms with van der Waals surface area (Å²) in [5, 5.41) is 9.44. The van der Waals surface area contributed by atoms with Crippen LogP contribution in [0.5, 0.6) is 0 Å². The van der Waals surface area contributed by atoms with Crippen LogP contribution in [0.4, 0.5) is 0 Å². The Hall–Kier alpha value is -2.36. The van der Waals surface area contributed by atoms with Crippen LogP contribution in [0.2, 0.25) is 0 Å². The van der Waals surface area contributed by atoms with Crippen molar-refractivity contribution in [2.24, 2.45) is 0 Å². The molecule has 2 aliphatic rings. The zero-order valence-corrected chi connectivity index (χ0v) is 15.6. The summed E-state index contributed by atoms with van der Waals surface area (Å²) in [6.07, 6.45) is 6.28. The van der Waals surface area contributed by atoms with E-state index >= 15 is 0 Å². The average molecular weight is 368 g/mol. The fourth-order valence-corrected chi connectivity index (χ4v) is 3.77. The van der Waals surface area contributed by atoms with Gasteiger partial charge in [-0.25, -0.2) is 4.79 Å². The molecular weight excluding hydrogens is 346 g/mol. The highest BCUT2D eigenvalue weighted by Crippen LogP contribution is 2.39. The number of fused-ring (bicyclic) bond motifs is 2. The summed E-state index contributed by atoms with van der Waals surface area (Å²) in [6.45, 7) is 2.09. The van der Waals surface area contributed by atoms with E-state index in [0.29, 0.717) is 5.56 Å². The van der Waals surface area contributed by atoms with E-state index < -0.39 is 5.97 Å². The first-order valence-electron chi connectivity index (χ1n) is 8.69. The number of carboxylic acids is 1. The quantitative estimate of drug-likeness (QED) is 0.670. The molecule has 1 N–H and O–H groups in total. The minimum absolute atomic E-state index is 0. The van der Waals surface area contributed by atoms with Gasteiger partial charge in [0.1, 0.15) is 0 Å². The normalized spacial score (nSPS) is 16.3. The number of carbonyl (C=O) groups is 1. The molecule has 0 saturated carbocycles. The molecule has 1 fully saturated rings. The van der Waals surface area contributed by atoms with Crippen molar-refractivity contribution in [2.75, 3.05) is 20.1 Å². The zero-order chi connectivity index (χ0) is 17.4. The highest BCUT2D eigenvalue weighted by atomic mass is 35.5. The Morgan fingerprint density at radius 2 is 1.62 bits per heavy atom. The zero-order valence-electron chi connectivity index (χ0n) is 14.7. The molecule has 3 nitrogen and oxygen atoms in total. The van der Waals surface area contributed by atoms with Gasteiger partial charge < -0.3 is 10.0 Å². The molecule has 1 aliphatic heterocycles. The molecule has 1 saturated heterocycles. The summed E-state index contributed by atoms with van der Waals surface area (Å²) in [5.41, 5.74) is 7.53. The molecular formula is C22H22ClNO2. The molecule has 1 heterocycles. The molecule has 0 atom stereocenters. The summed E-state index contributed by atoms with van der Waals surface area (Å²) in [5.74, 6) is -0.878. The van der Waals surface area contributed by atoms with Crippen LogP contribution in [0, 0.1) is 0 Å². The number of hydrogen-bond donors (Lipinski definition) is 1. The van der Waals surface area contributed by atoms with Crippen LogP contribution in [0.3, 0.4) is 0 Å². The minimum atomic E-state index is -0.878. The van der Waals surface area contributed by atoms with Crippen LogP contribution in [0.15, 0.2) is 48.0 Å². The van der Waals surface area contributed by atoms with Gasteiger partial charge in [0.05, 0.1) is 5.56 Å². The van der Waals surface area contributed by atoms with Gasteiger partial charge in [0.2, 0.25) is 0 Å². The molecule has 4 heteroatoms. The van der Waals surface area contributed by atoms with E-state index in [1.807, 2.05) is 12.1 Å². The Morgan fingerprint density at radius 1 is 0.962 bits per heavy atom. The molecule has 0 radical (unpaired) electrons. The predicted octanol–water partition coefficient (Wildman–Crippen LogP) is 4.82. The summed E-state index contributed by atoms with van der Waals surface area (Å²) in [6, 6.07) is 13.9. The second kappa shape index (κ2) is 7.48. The lowest BCUT2D eigenvalue weighted by Crippen LogP contribution is -2.27. The maximum Gasteiger partial charge on any atom is 0.335 e. The van der Waals surface area contributed by atoms with Crippen molar-refractivity contribution in [3.05, 3.63) is 75.9 Å². The number of carboxylic acid groups (broad SMARTS) is 1. The van der Waals surface area contributed by atoms with Gasteiger partial charge >= 0.3 is 5.97 Å². The fraction of sp³-hybridized carbons (Fsp3) is 0.227. The highest BCUT2D eigenvalue weighted by Gasteiger charge is 2.22. The average Bonchev–Trinajstić information content (AvgIpc) is 2.79. The summed E-state index contributed by atoms with van der Waals surface area (Å²) < 4.78 is 0. The molecule has 0 bridgehead atoms. The van der Waals surface area contributed by atoms with E-state index in [2.05, 4.69) is 48.4 Å². The molecule has 2 aromatic carbocycles. The molecule has 134 valence electrons. The molecule has 26 heavy (non-hydrogen) atoms. The van der Waals surface area contributed by atoms with Crippen molar-refractivity contribution in [3.8, 4) is 0 Å². The van der Waals surface area contributed by atoms with Crippen molar-refractivity contribution in [1.29, 1.82) is 0 Å². The van der Waals surface area contributed by atoms with E-state index in [4.69, 9.17) is 0 Å². The Kier molecular flexibility index (Phi) is 5.30. The molecule has 2 aromatic rings. The van der Waals surface area contributed by atoms with Crippen molar-refractivity contribution in [3.63, 3.8) is 0 Å². The van der Waals surface area contributed by atoms with Crippen LogP contribution >= 0.6 is 12.4 Å². The number of rotatable bonds is 1. The fourth-order valence-electron chi connectivity index (χ4n) is 3.77. The van der Waals surface area contributed by atoms with Crippen LogP contribution in [0.25, 0.3) is 17.7 Å². The molecule has 0 aromatic heterocycles. The van der Waals surface area contributed by atoms with E-state index in [9.17, 15) is 9.90 Å². The van der Waals surface area contributed by atoms with Crippen LogP contribution < -0.4 is 0 Å². The summed E-state index contributed by atoms with van der Waals surface area (Å²) in [4.78, 5) is 13.9. The van der Waals surface area contributed by atoms with Gasteiger partial charge in [0.15, 0.2) is 0 Å². The lowest BCUT2D eigenvalue weighted by Gasteiger charge is -2.27. The van der Waals surface area contributed by atoms with Gasteiger partial charge in [-0.15, -0.1) is 12.4 Å². The number of likely N-dealkylation sites (tertiary alicyclic amines) is 1. The van der Waals surface area contributed by atoms with E-state index in [1.165, 1.54) is 22.3 Å². The summed E-state index contributed by atoms with van der Waals surface area (Å²) in [7, 11) is 2.15. The standard InChI is InChI=1S/C22H21NO2.ClH/c1-23-12-10-17(11-13-23)21-19-5-3-2-4-15(19)6-7-16-8-9-18(22(24)25)14-20(16)21;/h2-9,14H,10-13H2,1H3,(H,24,25);1H. The van der Waals surface area contributed by atoms with Gasteiger partial charge in [0, 0.05) is 13.1 Å². The number of nitrogens with zero attached hydrogens (tertiary/aromatic N) is 1. The molecule has 4 rings (SSSR count). The maximum atomic E-state index is 11.5. The first-order chi connectivity index (χ1) is 12.1. The Morgan fingerprint density at radius 3 is 2.31 bits per heavy atom. The van der Waals surface area contributed by atoms with Gasteiger partial charge in [-0.2, -0.15) is 0 Å². The van der Waals surface area contributed by atoms with Crippen molar-refractivity contribution in [2.45, 2.75) is 12.8 Å². The second-order valence-electron chi connectivity index (χ2n) is 6.81. The number of aromatic carboxylic acids is 1. The maximum absolute atomic E-state index is 11.5. The lowest BCUT2D eigenvalue weighted by atomic mass is 9.85. The Balaban J connectivity index is 0.00000196. The number of benzene rings is 2. The van der Waals surface area contributed by atoms with Crippen LogP contribution in [-0.4, -0.2) is 36.1 Å². The van der Waals surface area contributed by atoms with Gasteiger partial charge in [-0.1, -0.05) is 48.1 Å². The highest BCUT2D eigenvalue weighted by molar-refractivity contribution is 5.97. The topological polar surface area (TPSA) is 40.5 Å². The van der Waals surface area contributed by atoms with E-state index in [1.54, 1.807) is 6.07 Å². The van der Waals surface area contributed by atoms with Crippen molar-refractivity contribution >= 4 is 36.1 Å². The van der Waals surface area contributed by atoms with Crippen LogP contribution in [0.1, 0.15) is 45.5 Å². The first kappa shape index (κ1) is 18.4. The van der Waals surface area contributed by atoms with Crippen LogP contribution in [-0.2, 0) is 0 Å². The largest absolute Gasteiger partial charge is 0.478 e. The molecule has 1 aliphatic carbocycles. The molecule has 0 amide bonds. The third kappa shape index (κ3) is 3.33. The third-order valence-corrected chi connectivity index (χ3v) is 5.19. The third-order valence-electron chi connectivity index (χ3n) is 5.19.